The van der Waals surface area contributed by atoms with Crippen molar-refractivity contribution >= 4 is 50.3 Å². The number of carbonyl (C=O) groups excluding carboxylic acids is 1. The van der Waals surface area contributed by atoms with E-state index in [-0.39, 0.29) is 28.6 Å². The van der Waals surface area contributed by atoms with Gasteiger partial charge in [0.1, 0.15) is 5.56 Å². The molecule has 0 saturated heterocycles. The third-order valence-corrected chi connectivity index (χ3v) is 3.70. The zero-order valence-electron chi connectivity index (χ0n) is 12.5. The van der Waals surface area contributed by atoms with E-state index in [1.54, 1.807) is 0 Å². The molecular weight excluding hydrogens is 369 g/mol. The van der Waals surface area contributed by atoms with Gasteiger partial charge in [-0.15, -0.1) is 23.2 Å². The van der Waals surface area contributed by atoms with Crippen LogP contribution in [0.1, 0.15) is 17.3 Å². The molecule has 0 spiro atoms. The molecule has 1 aromatic rings. The monoisotopic (exact) mass is 385 g/mol. The van der Waals surface area contributed by atoms with E-state index >= 15 is 0 Å². The summed E-state index contributed by atoms with van der Waals surface area (Å²) >= 11 is 10.5. The van der Waals surface area contributed by atoms with Gasteiger partial charge in [-0.1, -0.05) is 6.92 Å². The molecule has 0 heterocycles. The van der Waals surface area contributed by atoms with E-state index in [9.17, 15) is 23.3 Å². The zero-order chi connectivity index (χ0) is 18.2. The Kier molecular flexibility index (Phi) is 8.88. The molecular formula is C12H17Cl2N3O5S. The minimum atomic E-state index is -3.72. The number of nitro groups is 1. The first-order valence-corrected chi connectivity index (χ1v) is 9.24. The Hall–Kier alpha value is -1.58. The van der Waals surface area contributed by atoms with Crippen LogP contribution in [0.3, 0.4) is 0 Å². The highest BCUT2D eigenvalue weighted by Crippen LogP contribution is 2.30. The second-order valence-electron chi connectivity index (χ2n) is 4.14. The number of carbonyl (C=O) groups is 1. The number of nitrogens with one attached hydrogen (secondary N) is 1. The Morgan fingerprint density at radius 1 is 1.39 bits per heavy atom. The number of nitro benzene ring substituents is 1. The summed E-state index contributed by atoms with van der Waals surface area (Å²) in [6, 6.07) is 1.86. The van der Waals surface area contributed by atoms with E-state index in [0.29, 0.717) is 0 Å². The molecule has 0 aromatic heterocycles. The van der Waals surface area contributed by atoms with Crippen molar-refractivity contribution in [2.75, 3.05) is 29.9 Å². The highest BCUT2D eigenvalue weighted by molar-refractivity contribution is 7.90. The molecule has 23 heavy (non-hydrogen) atoms. The summed E-state index contributed by atoms with van der Waals surface area (Å²) in [5, 5.41) is 13.6. The molecule has 3 N–H and O–H groups in total. The van der Waals surface area contributed by atoms with Crippen molar-refractivity contribution in [3.63, 3.8) is 0 Å². The first-order chi connectivity index (χ1) is 10.6. The molecule has 11 heteroatoms. The van der Waals surface area contributed by atoms with Crippen LogP contribution in [0.15, 0.2) is 17.0 Å². The summed E-state index contributed by atoms with van der Waals surface area (Å²) in [5.41, 5.74) is 4.08. The summed E-state index contributed by atoms with van der Waals surface area (Å²) in [4.78, 5) is 21.0. The van der Waals surface area contributed by atoms with E-state index in [1.165, 1.54) is 0 Å². The number of amides is 1. The van der Waals surface area contributed by atoms with Gasteiger partial charge < -0.3 is 11.1 Å². The quantitative estimate of drug-likeness (QED) is 0.437. The molecule has 0 aliphatic carbocycles. The van der Waals surface area contributed by atoms with Gasteiger partial charge >= 0.3 is 0 Å². The van der Waals surface area contributed by atoms with Crippen molar-refractivity contribution in [1.82, 2.24) is 0 Å². The number of primary amides is 1. The average molecular weight is 386 g/mol. The molecule has 0 atom stereocenters. The molecule has 0 radical (unpaired) electrons. The van der Waals surface area contributed by atoms with Crippen molar-refractivity contribution in [2.24, 2.45) is 5.73 Å². The molecule has 0 saturated carbocycles. The molecule has 0 unspecified atom stereocenters. The SMILES string of the molecule is CCCl.CS(=O)(=O)c1cc([N+](=O)[O-])c(C(N)=O)cc1NCCCl. The highest BCUT2D eigenvalue weighted by atomic mass is 35.5. The van der Waals surface area contributed by atoms with Gasteiger partial charge in [0, 0.05) is 30.6 Å². The number of nitrogens with two attached hydrogens (primary N) is 1. The number of hydrogen-bond acceptors (Lipinski definition) is 6. The van der Waals surface area contributed by atoms with Crippen LogP contribution in [0.4, 0.5) is 11.4 Å². The fraction of sp³-hybridized carbons (Fsp3) is 0.417. The summed E-state index contributed by atoms with van der Waals surface area (Å²) in [7, 11) is -3.72. The van der Waals surface area contributed by atoms with E-state index in [4.69, 9.17) is 28.9 Å². The van der Waals surface area contributed by atoms with Crippen molar-refractivity contribution < 1.29 is 18.1 Å². The van der Waals surface area contributed by atoms with E-state index in [2.05, 4.69) is 5.32 Å². The van der Waals surface area contributed by atoms with Crippen molar-refractivity contribution in [3.8, 4) is 0 Å². The number of sulfone groups is 1. The molecule has 0 bridgehead atoms. The Morgan fingerprint density at radius 3 is 2.26 bits per heavy atom. The molecule has 0 aliphatic heterocycles. The number of rotatable bonds is 6. The lowest BCUT2D eigenvalue weighted by Gasteiger charge is -2.11. The van der Waals surface area contributed by atoms with Crippen LogP contribution in [0.2, 0.25) is 0 Å². The number of hydrogen-bond donors (Lipinski definition) is 2. The maximum absolute atomic E-state index is 11.7. The summed E-state index contributed by atoms with van der Waals surface area (Å²) in [5.74, 6) is -0.114. The number of halogens is 2. The second-order valence-corrected chi connectivity index (χ2v) is 7.04. The van der Waals surface area contributed by atoms with Crippen LogP contribution < -0.4 is 11.1 Å². The summed E-state index contributed by atoms with van der Waals surface area (Å²) in [6.07, 6.45) is 0.905. The van der Waals surface area contributed by atoms with Crippen LogP contribution in [0.5, 0.6) is 0 Å². The fourth-order valence-electron chi connectivity index (χ4n) is 1.54. The lowest BCUT2D eigenvalue weighted by atomic mass is 10.1. The van der Waals surface area contributed by atoms with Crippen molar-refractivity contribution in [1.29, 1.82) is 0 Å². The Labute approximate surface area is 144 Å². The topological polar surface area (TPSA) is 132 Å². The van der Waals surface area contributed by atoms with Gasteiger partial charge in [-0.2, -0.15) is 0 Å². The zero-order valence-corrected chi connectivity index (χ0v) is 14.8. The number of benzene rings is 1. The predicted octanol–water partition coefficient (Wildman–Crippen LogP) is 1.99. The standard InChI is InChI=1S/C10H12ClN3O5S.C2H5Cl/c1-20(18,19)9-5-8(14(16)17)6(10(12)15)4-7(9)13-3-2-11;1-2-3/h4-5,13H,2-3H2,1H3,(H2,12,15);2H2,1H3. The van der Waals surface area contributed by atoms with Crippen LogP contribution in [0, 0.1) is 10.1 Å². The number of anilines is 1. The van der Waals surface area contributed by atoms with E-state index < -0.39 is 26.4 Å². The van der Waals surface area contributed by atoms with Crippen molar-refractivity contribution in [3.05, 3.63) is 27.8 Å². The first-order valence-electron chi connectivity index (χ1n) is 6.28. The molecule has 130 valence electrons. The molecule has 1 aromatic carbocycles. The van der Waals surface area contributed by atoms with Crippen LogP contribution in [-0.4, -0.2) is 43.8 Å². The third kappa shape index (κ3) is 6.59. The minimum Gasteiger partial charge on any atom is -0.383 e. The van der Waals surface area contributed by atoms with Gasteiger partial charge in [0.25, 0.3) is 11.6 Å². The molecule has 1 amide bonds. The van der Waals surface area contributed by atoms with Crippen molar-refractivity contribution in [2.45, 2.75) is 11.8 Å². The maximum Gasteiger partial charge on any atom is 0.283 e. The average Bonchev–Trinajstić information content (AvgIpc) is 2.43. The van der Waals surface area contributed by atoms with Crippen LogP contribution in [-0.2, 0) is 9.84 Å². The van der Waals surface area contributed by atoms with Gasteiger partial charge in [0.2, 0.25) is 0 Å². The fourth-order valence-corrected chi connectivity index (χ4v) is 2.50. The third-order valence-electron chi connectivity index (χ3n) is 2.37. The lowest BCUT2D eigenvalue weighted by molar-refractivity contribution is -0.385. The first kappa shape index (κ1) is 21.4. The lowest BCUT2D eigenvalue weighted by Crippen LogP contribution is -2.16. The Bertz CT molecular complexity index is 680. The molecule has 8 nitrogen and oxygen atoms in total. The van der Waals surface area contributed by atoms with Gasteiger partial charge in [0.15, 0.2) is 9.84 Å². The smallest absolute Gasteiger partial charge is 0.283 e. The van der Waals surface area contributed by atoms with Crippen LogP contribution in [0.25, 0.3) is 0 Å². The number of nitrogens with zero attached hydrogens (tertiary/aromatic N) is 1. The summed E-state index contributed by atoms with van der Waals surface area (Å²) in [6.45, 7) is 2.11. The largest absolute Gasteiger partial charge is 0.383 e. The normalized spacial score (nSPS) is 10.4. The van der Waals surface area contributed by atoms with Crippen LogP contribution >= 0.6 is 23.2 Å². The van der Waals surface area contributed by atoms with Gasteiger partial charge in [-0.05, 0) is 6.07 Å². The Balaban J connectivity index is 0.00000149. The minimum absolute atomic E-state index is 0.0487. The molecule has 1 rings (SSSR count). The van der Waals surface area contributed by atoms with Gasteiger partial charge in [0.05, 0.1) is 15.5 Å². The van der Waals surface area contributed by atoms with E-state index in [1.807, 2.05) is 6.92 Å². The van der Waals surface area contributed by atoms with Gasteiger partial charge in [-0.25, -0.2) is 8.42 Å². The number of alkyl halides is 2. The van der Waals surface area contributed by atoms with Gasteiger partial charge in [-0.3, -0.25) is 14.9 Å². The van der Waals surface area contributed by atoms with E-state index in [0.717, 1.165) is 24.3 Å². The highest BCUT2D eigenvalue weighted by Gasteiger charge is 2.25. The molecule has 0 aliphatic rings. The predicted molar refractivity (Wildman–Crippen MR) is 90.3 cm³/mol. The molecule has 0 fully saturated rings. The Morgan fingerprint density at radius 2 is 1.91 bits per heavy atom. The summed E-state index contributed by atoms with van der Waals surface area (Å²) < 4.78 is 23.3. The second kappa shape index (κ2) is 9.53. The maximum atomic E-state index is 11.7.